The summed E-state index contributed by atoms with van der Waals surface area (Å²) in [6.45, 7) is 3.14. The molecule has 1 fully saturated rings. The molecular weight excluding hydrogens is 510 g/mol. The number of carbonyl (C=O) groups is 1. The lowest BCUT2D eigenvalue weighted by atomic mass is 9.78. The maximum Gasteiger partial charge on any atom is 0.254 e. The lowest BCUT2D eigenvalue weighted by Gasteiger charge is -2.32. The Morgan fingerprint density at radius 3 is 2.55 bits per heavy atom. The molecule has 0 aliphatic carbocycles. The molecule has 3 N–H and O–H groups in total. The number of hydrogen-bond donors (Lipinski definition) is 2. The normalized spacial score (nSPS) is 19.6. The summed E-state index contributed by atoms with van der Waals surface area (Å²) < 4.78 is 30.8. The lowest BCUT2D eigenvalue weighted by molar-refractivity contribution is 0.0922. The molecule has 1 saturated heterocycles. The second-order valence-electron chi connectivity index (χ2n) is 10.0. The van der Waals surface area contributed by atoms with Crippen LogP contribution in [-0.4, -0.2) is 51.8 Å². The van der Waals surface area contributed by atoms with Crippen LogP contribution in [-0.2, 0) is 12.5 Å². The Bertz CT molecular complexity index is 1540. The minimum atomic E-state index is -0.677. The smallest absolute Gasteiger partial charge is 0.254 e. The monoisotopic (exact) mass is 536 g/mol. The number of amides is 1. The van der Waals surface area contributed by atoms with Crippen LogP contribution in [0.15, 0.2) is 61.1 Å². The number of carbonyl (C=O) groups excluding carboxylic acids is 1. The molecule has 196 valence electrons. The van der Waals surface area contributed by atoms with Crippen molar-refractivity contribution < 1.29 is 13.6 Å². The van der Waals surface area contributed by atoms with E-state index in [1.807, 2.05) is 33.3 Å². The molecule has 0 radical (unpaired) electrons. The molecule has 7 nitrogen and oxygen atoms in total. The molecule has 2 aromatic carbocycles. The Labute approximate surface area is 224 Å². The van der Waals surface area contributed by atoms with Gasteiger partial charge in [-0.15, -0.1) is 0 Å². The summed E-state index contributed by atoms with van der Waals surface area (Å²) in [7, 11) is 3.75. The molecular formula is C28H27ClF2N6O. The van der Waals surface area contributed by atoms with Gasteiger partial charge in [0.15, 0.2) is 0 Å². The number of hydrogen-bond acceptors (Lipinski definition) is 5. The molecule has 5 rings (SSSR count). The highest BCUT2D eigenvalue weighted by Crippen LogP contribution is 2.36. The standard InChI is InChI=1S/C28H27ClF2N6O/c1-28(19-5-7-23(30)22(29)10-19)15-36(2)14-25(28)35-27(38)20-6-4-16(9-24(20)31)21-8-17(11-33-26(21)32)18-12-34-37(3)13-18/h4-13,25H,14-15H2,1-3H3,(H2,32,33)(H,35,38)/t25-,28+/m1/s1. The number of nitrogens with one attached hydrogen (secondary N) is 1. The molecule has 2 atom stereocenters. The molecule has 0 saturated carbocycles. The molecule has 38 heavy (non-hydrogen) atoms. The number of halogens is 3. The minimum absolute atomic E-state index is 0.0198. The van der Waals surface area contributed by atoms with Crippen LogP contribution in [0.1, 0.15) is 22.8 Å². The van der Waals surface area contributed by atoms with Gasteiger partial charge >= 0.3 is 0 Å². The first-order chi connectivity index (χ1) is 18.0. The average molecular weight is 537 g/mol. The van der Waals surface area contributed by atoms with E-state index in [2.05, 4.69) is 20.3 Å². The maximum absolute atomic E-state index is 15.3. The summed E-state index contributed by atoms with van der Waals surface area (Å²) in [4.78, 5) is 19.5. The number of pyridine rings is 1. The van der Waals surface area contributed by atoms with E-state index in [4.69, 9.17) is 17.3 Å². The van der Waals surface area contributed by atoms with Crippen LogP contribution in [0, 0.1) is 11.6 Å². The number of nitrogens with two attached hydrogens (primary N) is 1. The van der Waals surface area contributed by atoms with Crippen molar-refractivity contribution >= 4 is 23.3 Å². The Hall–Kier alpha value is -3.82. The molecule has 0 bridgehead atoms. The summed E-state index contributed by atoms with van der Waals surface area (Å²) >= 11 is 6.04. The van der Waals surface area contributed by atoms with Crippen molar-refractivity contribution in [1.82, 2.24) is 25.0 Å². The molecule has 4 aromatic rings. The third kappa shape index (κ3) is 4.75. The zero-order chi connectivity index (χ0) is 27.2. The van der Waals surface area contributed by atoms with Crippen molar-refractivity contribution in [3.63, 3.8) is 0 Å². The van der Waals surface area contributed by atoms with E-state index in [-0.39, 0.29) is 22.4 Å². The summed E-state index contributed by atoms with van der Waals surface area (Å²) in [6, 6.07) is 10.4. The predicted octanol–water partition coefficient (Wildman–Crippen LogP) is 4.66. The molecule has 1 amide bonds. The number of likely N-dealkylation sites (tertiary alicyclic amines) is 1. The van der Waals surface area contributed by atoms with Crippen LogP contribution in [0.3, 0.4) is 0 Å². The quantitative estimate of drug-likeness (QED) is 0.387. The average Bonchev–Trinajstić information content (AvgIpc) is 3.43. The van der Waals surface area contributed by atoms with Gasteiger partial charge in [-0.3, -0.25) is 9.48 Å². The van der Waals surface area contributed by atoms with Gasteiger partial charge in [-0.05, 0) is 48.5 Å². The minimum Gasteiger partial charge on any atom is -0.383 e. The Morgan fingerprint density at radius 2 is 1.87 bits per heavy atom. The largest absolute Gasteiger partial charge is 0.383 e. The van der Waals surface area contributed by atoms with E-state index in [1.165, 1.54) is 18.2 Å². The Balaban J connectivity index is 1.41. The highest BCUT2D eigenvalue weighted by atomic mass is 35.5. The second kappa shape index (κ2) is 9.81. The van der Waals surface area contributed by atoms with E-state index in [1.54, 1.807) is 35.3 Å². The van der Waals surface area contributed by atoms with Crippen LogP contribution in [0.5, 0.6) is 0 Å². The summed E-state index contributed by atoms with van der Waals surface area (Å²) in [6.07, 6.45) is 5.19. The highest BCUT2D eigenvalue weighted by Gasteiger charge is 2.44. The van der Waals surface area contributed by atoms with E-state index >= 15 is 4.39 Å². The fraction of sp³-hybridized carbons (Fsp3) is 0.250. The number of aromatic nitrogens is 3. The lowest BCUT2D eigenvalue weighted by Crippen LogP contribution is -2.48. The summed E-state index contributed by atoms with van der Waals surface area (Å²) in [5, 5.41) is 7.18. The number of nitrogens with zero attached hydrogens (tertiary/aromatic N) is 4. The molecule has 1 aliphatic heterocycles. The van der Waals surface area contributed by atoms with Gasteiger partial charge in [-0.25, -0.2) is 13.8 Å². The van der Waals surface area contributed by atoms with Gasteiger partial charge in [0.1, 0.15) is 17.5 Å². The zero-order valence-corrected chi connectivity index (χ0v) is 21.9. The number of benzene rings is 2. The van der Waals surface area contributed by atoms with Crippen molar-refractivity contribution in [1.29, 1.82) is 0 Å². The number of nitrogen functional groups attached to an aromatic ring is 1. The van der Waals surface area contributed by atoms with Gasteiger partial charge in [0.25, 0.3) is 5.91 Å². The van der Waals surface area contributed by atoms with Gasteiger partial charge in [0.2, 0.25) is 0 Å². The first-order valence-corrected chi connectivity index (χ1v) is 12.4. The molecule has 10 heteroatoms. The number of rotatable bonds is 5. The van der Waals surface area contributed by atoms with Crippen molar-refractivity contribution in [2.45, 2.75) is 18.4 Å². The third-order valence-corrected chi connectivity index (χ3v) is 7.52. The topological polar surface area (TPSA) is 89.1 Å². The first kappa shape index (κ1) is 25.8. The predicted molar refractivity (Wildman–Crippen MR) is 144 cm³/mol. The second-order valence-corrected chi connectivity index (χ2v) is 10.4. The van der Waals surface area contributed by atoms with Crippen LogP contribution >= 0.6 is 11.6 Å². The highest BCUT2D eigenvalue weighted by molar-refractivity contribution is 6.30. The SMILES string of the molecule is CN1C[C@@H](NC(=O)c2ccc(-c3cc(-c4cnn(C)c4)cnc3N)cc2F)[C@](C)(c2ccc(F)c(Cl)c2)C1. The fourth-order valence-electron chi connectivity index (χ4n) is 5.13. The van der Waals surface area contributed by atoms with Gasteiger partial charge in [0, 0.05) is 54.6 Å². The van der Waals surface area contributed by atoms with Crippen molar-refractivity contribution in [3.05, 3.63) is 88.8 Å². The van der Waals surface area contributed by atoms with Crippen LogP contribution < -0.4 is 11.1 Å². The van der Waals surface area contributed by atoms with E-state index in [0.717, 1.165) is 16.7 Å². The van der Waals surface area contributed by atoms with Crippen molar-refractivity contribution in [2.24, 2.45) is 7.05 Å². The number of anilines is 1. The van der Waals surface area contributed by atoms with E-state index < -0.39 is 23.0 Å². The third-order valence-electron chi connectivity index (χ3n) is 7.23. The van der Waals surface area contributed by atoms with Crippen molar-refractivity contribution in [3.8, 4) is 22.3 Å². The molecule has 3 heterocycles. The van der Waals surface area contributed by atoms with Gasteiger partial charge < -0.3 is 16.0 Å². The van der Waals surface area contributed by atoms with Crippen LogP contribution in [0.4, 0.5) is 14.6 Å². The Kier molecular flexibility index (Phi) is 6.66. The van der Waals surface area contributed by atoms with Crippen molar-refractivity contribution in [2.75, 3.05) is 25.9 Å². The summed E-state index contributed by atoms with van der Waals surface area (Å²) in [5.74, 6) is -1.47. The van der Waals surface area contributed by atoms with E-state index in [9.17, 15) is 9.18 Å². The van der Waals surface area contributed by atoms with E-state index in [0.29, 0.717) is 24.2 Å². The van der Waals surface area contributed by atoms with Gasteiger partial charge in [-0.2, -0.15) is 5.10 Å². The van der Waals surface area contributed by atoms with Gasteiger partial charge in [0.05, 0.1) is 22.8 Å². The zero-order valence-electron chi connectivity index (χ0n) is 21.2. The van der Waals surface area contributed by atoms with Crippen LogP contribution in [0.25, 0.3) is 22.3 Å². The Morgan fingerprint density at radius 1 is 1.08 bits per heavy atom. The maximum atomic E-state index is 15.3. The molecule has 0 spiro atoms. The molecule has 2 aromatic heterocycles. The van der Waals surface area contributed by atoms with Crippen LogP contribution in [0.2, 0.25) is 5.02 Å². The van der Waals surface area contributed by atoms with Gasteiger partial charge in [-0.1, -0.05) is 30.7 Å². The molecule has 1 aliphatic rings. The number of likely N-dealkylation sites (N-methyl/N-ethyl adjacent to an activating group) is 1. The number of aryl methyl sites for hydroxylation is 1. The first-order valence-electron chi connectivity index (χ1n) is 12.0. The summed E-state index contributed by atoms with van der Waals surface area (Å²) in [5.41, 5.74) is 8.96. The fourth-order valence-corrected chi connectivity index (χ4v) is 5.32. The molecule has 0 unspecified atom stereocenters.